The van der Waals surface area contributed by atoms with E-state index in [9.17, 15) is 18.3 Å². The molecular weight excluding hydrogens is 442 g/mol. The molecule has 1 aliphatic heterocycles. The minimum absolute atomic E-state index is 0.0198. The summed E-state index contributed by atoms with van der Waals surface area (Å²) in [7, 11) is -4.09. The first-order chi connectivity index (χ1) is 15.9. The number of hydrogen-bond acceptors (Lipinski definition) is 7. The number of aromatic hydroxyl groups is 1. The number of nitrogens with zero attached hydrogens (tertiary/aromatic N) is 4. The maximum absolute atomic E-state index is 13.5. The van der Waals surface area contributed by atoms with Crippen LogP contribution in [0, 0.1) is 11.3 Å². The first-order valence-electron chi connectivity index (χ1n) is 9.80. The number of sulfonamides is 1. The topological polar surface area (TPSA) is 137 Å². The van der Waals surface area contributed by atoms with E-state index in [-0.39, 0.29) is 39.6 Å². The minimum atomic E-state index is -4.09. The van der Waals surface area contributed by atoms with Crippen molar-refractivity contribution < 1.29 is 13.5 Å². The van der Waals surface area contributed by atoms with Gasteiger partial charge in [0.05, 0.1) is 29.3 Å². The third-order valence-electron chi connectivity index (χ3n) is 5.28. The van der Waals surface area contributed by atoms with Crippen LogP contribution in [0.2, 0.25) is 0 Å². The van der Waals surface area contributed by atoms with Crippen molar-refractivity contribution in [2.75, 3.05) is 5.32 Å². The molecule has 5 rings (SSSR count). The molecule has 162 valence electrons. The average Bonchev–Trinajstić information content (AvgIpc) is 2.82. The zero-order valence-electron chi connectivity index (χ0n) is 16.9. The molecule has 0 saturated carbocycles. The van der Waals surface area contributed by atoms with Gasteiger partial charge in [-0.05, 0) is 42.0 Å². The summed E-state index contributed by atoms with van der Waals surface area (Å²) >= 11 is 0. The largest absolute Gasteiger partial charge is 0.506 e. The molecule has 3 heterocycles. The molecule has 0 fully saturated rings. The number of fused-ring (bicyclic) bond motifs is 2. The van der Waals surface area contributed by atoms with Crippen LogP contribution < -0.4 is 10.9 Å². The first-order valence-corrected chi connectivity index (χ1v) is 11.2. The number of nitrogens with one attached hydrogen (secondary N) is 1. The van der Waals surface area contributed by atoms with Gasteiger partial charge in [0, 0.05) is 6.20 Å². The second-order valence-corrected chi connectivity index (χ2v) is 8.91. The van der Waals surface area contributed by atoms with Crippen molar-refractivity contribution in [1.82, 2.24) is 9.55 Å². The number of para-hydroxylation sites is 1. The molecule has 2 aromatic heterocycles. The van der Waals surface area contributed by atoms with Gasteiger partial charge in [-0.3, -0.25) is 9.36 Å². The summed E-state index contributed by atoms with van der Waals surface area (Å²) in [6, 6.07) is 18.1. The van der Waals surface area contributed by atoms with E-state index in [1.807, 2.05) is 6.07 Å². The number of pyridine rings is 2. The Morgan fingerprint density at radius 1 is 1.06 bits per heavy atom. The van der Waals surface area contributed by atoms with Crippen molar-refractivity contribution in [2.24, 2.45) is 4.40 Å². The summed E-state index contributed by atoms with van der Waals surface area (Å²) in [5.74, 6) is -0.685. The number of rotatable bonds is 3. The minimum Gasteiger partial charge on any atom is -0.506 e. The van der Waals surface area contributed by atoms with Gasteiger partial charge in [-0.2, -0.15) is 13.7 Å². The van der Waals surface area contributed by atoms with E-state index in [2.05, 4.69) is 14.7 Å². The zero-order valence-corrected chi connectivity index (χ0v) is 17.7. The third-order valence-corrected chi connectivity index (χ3v) is 6.62. The van der Waals surface area contributed by atoms with Crippen LogP contribution in [0.15, 0.2) is 80.9 Å². The lowest BCUT2D eigenvalue weighted by Gasteiger charge is -2.20. The highest BCUT2D eigenvalue weighted by Gasteiger charge is 2.29. The summed E-state index contributed by atoms with van der Waals surface area (Å²) in [4.78, 5) is 17.8. The van der Waals surface area contributed by atoms with Crippen molar-refractivity contribution >= 4 is 32.6 Å². The number of benzene rings is 2. The Labute approximate surface area is 188 Å². The van der Waals surface area contributed by atoms with Crippen molar-refractivity contribution in [3.05, 3.63) is 93.9 Å². The maximum atomic E-state index is 13.5. The fourth-order valence-electron chi connectivity index (χ4n) is 3.71. The average molecular weight is 457 g/mol. The highest BCUT2D eigenvalue weighted by Crippen LogP contribution is 2.31. The molecule has 0 spiro atoms. The molecule has 0 radical (unpaired) electrons. The number of nitriles is 1. The monoisotopic (exact) mass is 457 g/mol. The molecule has 4 aromatic rings. The Hall–Kier alpha value is -4.49. The van der Waals surface area contributed by atoms with Gasteiger partial charge in [0.15, 0.2) is 5.84 Å². The molecule has 10 heteroatoms. The normalized spacial score (nSPS) is 14.1. The van der Waals surface area contributed by atoms with Crippen LogP contribution in [-0.4, -0.2) is 28.9 Å². The van der Waals surface area contributed by atoms with Gasteiger partial charge >= 0.3 is 0 Å². The highest BCUT2D eigenvalue weighted by molar-refractivity contribution is 7.90. The summed E-state index contributed by atoms with van der Waals surface area (Å²) < 4.78 is 30.6. The van der Waals surface area contributed by atoms with Crippen LogP contribution in [0.3, 0.4) is 0 Å². The predicted octanol–water partition coefficient (Wildman–Crippen LogP) is 2.58. The maximum Gasteiger partial charge on any atom is 0.286 e. The lowest BCUT2D eigenvalue weighted by molar-refractivity contribution is 0.477. The van der Waals surface area contributed by atoms with Crippen molar-refractivity contribution in [1.29, 1.82) is 5.26 Å². The summed E-state index contributed by atoms with van der Waals surface area (Å²) in [5.41, 5.74) is 0.742. The number of aromatic nitrogens is 2. The fraction of sp³-hybridized carbons (Fsp3) is 0.0435. The molecule has 0 saturated heterocycles. The fourth-order valence-corrected chi connectivity index (χ4v) is 4.84. The lowest BCUT2D eigenvalue weighted by atomic mass is 10.1. The van der Waals surface area contributed by atoms with Crippen molar-refractivity contribution in [3.63, 3.8) is 0 Å². The number of hydrogen-bond donors (Lipinski definition) is 2. The molecule has 1 aliphatic rings. The number of amidine groups is 1. The third kappa shape index (κ3) is 3.40. The summed E-state index contributed by atoms with van der Waals surface area (Å²) in [5, 5.41) is 23.1. The Kier molecular flexibility index (Phi) is 4.69. The van der Waals surface area contributed by atoms with E-state index in [0.717, 1.165) is 5.56 Å². The van der Waals surface area contributed by atoms with Gasteiger partial charge in [0.25, 0.3) is 15.6 Å². The first kappa shape index (κ1) is 20.4. The molecule has 0 unspecified atom stereocenters. The van der Waals surface area contributed by atoms with E-state index in [1.165, 1.54) is 16.8 Å². The van der Waals surface area contributed by atoms with Gasteiger partial charge < -0.3 is 10.4 Å². The molecule has 33 heavy (non-hydrogen) atoms. The second kappa shape index (κ2) is 7.58. The SMILES string of the molecule is N#Cc1ccc(Cn2c(=O)c(C3=NS(=O)(=O)c4ccccc4N3)c(O)c3cccnc32)cc1. The lowest BCUT2D eigenvalue weighted by Crippen LogP contribution is -2.33. The van der Waals surface area contributed by atoms with Crippen LogP contribution in [-0.2, 0) is 16.6 Å². The van der Waals surface area contributed by atoms with Gasteiger partial charge in [0.1, 0.15) is 21.9 Å². The molecule has 2 aromatic carbocycles. The van der Waals surface area contributed by atoms with Crippen LogP contribution in [0.4, 0.5) is 5.69 Å². The Bertz CT molecular complexity index is 1670. The van der Waals surface area contributed by atoms with Gasteiger partial charge in [-0.25, -0.2) is 4.98 Å². The van der Waals surface area contributed by atoms with Crippen LogP contribution in [0.25, 0.3) is 11.0 Å². The highest BCUT2D eigenvalue weighted by atomic mass is 32.2. The van der Waals surface area contributed by atoms with Gasteiger partial charge in [0.2, 0.25) is 0 Å². The summed E-state index contributed by atoms with van der Waals surface area (Å²) in [6.07, 6.45) is 1.49. The molecular formula is C23H15N5O4S. The summed E-state index contributed by atoms with van der Waals surface area (Å²) in [6.45, 7) is 0.0853. The van der Waals surface area contributed by atoms with Crippen LogP contribution >= 0.6 is 0 Å². The molecule has 0 amide bonds. The smallest absolute Gasteiger partial charge is 0.286 e. The molecule has 0 aliphatic carbocycles. The van der Waals surface area contributed by atoms with E-state index in [4.69, 9.17) is 5.26 Å². The Morgan fingerprint density at radius 3 is 2.58 bits per heavy atom. The standard InChI is InChI=1S/C23H15N5O4S/c24-12-14-7-9-15(10-8-14)13-28-22-16(4-3-11-25-22)20(29)19(23(28)30)21-26-17-5-1-2-6-18(17)33(31,32)27-21/h1-11,29H,13H2,(H,26,27). The van der Waals surface area contributed by atoms with E-state index >= 15 is 0 Å². The molecule has 2 N–H and O–H groups in total. The van der Waals surface area contributed by atoms with Gasteiger partial charge in [-0.1, -0.05) is 24.3 Å². The quantitative estimate of drug-likeness (QED) is 0.482. The molecule has 0 bridgehead atoms. The number of anilines is 1. The molecule has 9 nitrogen and oxygen atoms in total. The second-order valence-electron chi connectivity index (χ2n) is 7.33. The predicted molar refractivity (Wildman–Crippen MR) is 122 cm³/mol. The van der Waals surface area contributed by atoms with Crippen LogP contribution in [0.5, 0.6) is 5.75 Å². The van der Waals surface area contributed by atoms with Crippen molar-refractivity contribution in [2.45, 2.75) is 11.4 Å². The Balaban J connectivity index is 1.73. The molecule has 0 atom stereocenters. The van der Waals surface area contributed by atoms with E-state index in [1.54, 1.807) is 54.6 Å². The van der Waals surface area contributed by atoms with Crippen LogP contribution in [0.1, 0.15) is 16.7 Å². The van der Waals surface area contributed by atoms with Crippen molar-refractivity contribution in [3.8, 4) is 11.8 Å². The Morgan fingerprint density at radius 2 is 1.82 bits per heavy atom. The van der Waals surface area contributed by atoms with Gasteiger partial charge in [-0.15, -0.1) is 4.40 Å². The zero-order chi connectivity index (χ0) is 23.2. The van der Waals surface area contributed by atoms with E-state index in [0.29, 0.717) is 5.56 Å². The van der Waals surface area contributed by atoms with E-state index < -0.39 is 21.3 Å².